The fourth-order valence-corrected chi connectivity index (χ4v) is 1.27. The van der Waals surface area contributed by atoms with E-state index in [1.807, 2.05) is 36.4 Å². The van der Waals surface area contributed by atoms with E-state index >= 15 is 0 Å². The monoisotopic (exact) mass is 229 g/mol. The number of nitriles is 1. The van der Waals surface area contributed by atoms with E-state index < -0.39 is 0 Å². The van der Waals surface area contributed by atoms with Crippen LogP contribution in [0.15, 0.2) is 42.1 Å². The van der Waals surface area contributed by atoms with E-state index in [0.717, 1.165) is 5.56 Å². The number of benzene rings is 1. The number of nitrogens with zero attached hydrogens (tertiary/aromatic N) is 2. The van der Waals surface area contributed by atoms with Gasteiger partial charge in [-0.1, -0.05) is 30.3 Å². The zero-order chi connectivity index (χ0) is 12.7. The minimum Gasteiger partial charge on any atom is -0.382 e. The molecule has 1 rings (SSSR count). The summed E-state index contributed by atoms with van der Waals surface area (Å²) in [7, 11) is 3.53. The molecule has 0 atom stereocenters. The Morgan fingerprint density at radius 1 is 1.41 bits per heavy atom. The Morgan fingerprint density at radius 3 is 2.59 bits per heavy atom. The SMILES string of the molecule is CN(C)C=C(C#N)C(=O)NCc1ccccc1. The van der Waals surface area contributed by atoms with Crippen molar-refractivity contribution in [2.75, 3.05) is 14.1 Å². The first kappa shape index (κ1) is 12.8. The molecule has 0 aliphatic carbocycles. The topological polar surface area (TPSA) is 56.1 Å². The van der Waals surface area contributed by atoms with Crippen LogP contribution in [0.1, 0.15) is 5.56 Å². The Labute approximate surface area is 101 Å². The second-order valence-electron chi connectivity index (χ2n) is 3.79. The normalized spacial score (nSPS) is 10.5. The minimum absolute atomic E-state index is 0.103. The number of nitrogens with one attached hydrogen (secondary N) is 1. The van der Waals surface area contributed by atoms with Crippen molar-refractivity contribution in [1.82, 2.24) is 10.2 Å². The number of amides is 1. The van der Waals surface area contributed by atoms with Crippen LogP contribution in [0.4, 0.5) is 0 Å². The molecule has 1 aromatic rings. The molecule has 4 heteroatoms. The van der Waals surface area contributed by atoms with Crippen molar-refractivity contribution >= 4 is 5.91 Å². The molecule has 88 valence electrons. The van der Waals surface area contributed by atoms with Crippen molar-refractivity contribution in [2.24, 2.45) is 0 Å². The molecule has 0 saturated carbocycles. The summed E-state index contributed by atoms with van der Waals surface area (Å²) in [5.41, 5.74) is 1.11. The first-order valence-corrected chi connectivity index (χ1v) is 5.24. The highest BCUT2D eigenvalue weighted by atomic mass is 16.1. The van der Waals surface area contributed by atoms with E-state index in [1.165, 1.54) is 6.20 Å². The first-order chi connectivity index (χ1) is 8.13. The molecule has 1 amide bonds. The van der Waals surface area contributed by atoms with E-state index in [-0.39, 0.29) is 11.5 Å². The summed E-state index contributed by atoms with van der Waals surface area (Å²) in [6.45, 7) is 0.423. The van der Waals surface area contributed by atoms with E-state index in [2.05, 4.69) is 5.32 Å². The third kappa shape index (κ3) is 4.39. The molecular weight excluding hydrogens is 214 g/mol. The molecule has 0 spiro atoms. The van der Waals surface area contributed by atoms with Gasteiger partial charge in [0.05, 0.1) is 0 Å². The minimum atomic E-state index is -0.356. The largest absolute Gasteiger partial charge is 0.382 e. The van der Waals surface area contributed by atoms with Crippen molar-refractivity contribution in [3.63, 3.8) is 0 Å². The van der Waals surface area contributed by atoms with Crippen LogP contribution < -0.4 is 5.32 Å². The van der Waals surface area contributed by atoms with Gasteiger partial charge in [-0.05, 0) is 5.56 Å². The Balaban J connectivity index is 2.58. The molecule has 0 fully saturated rings. The van der Waals surface area contributed by atoms with E-state index in [9.17, 15) is 4.79 Å². The van der Waals surface area contributed by atoms with Gasteiger partial charge in [0.2, 0.25) is 0 Å². The Morgan fingerprint density at radius 2 is 2.06 bits per heavy atom. The summed E-state index contributed by atoms with van der Waals surface area (Å²) in [6, 6.07) is 11.4. The highest BCUT2D eigenvalue weighted by Crippen LogP contribution is 1.99. The number of hydrogen-bond donors (Lipinski definition) is 1. The third-order valence-electron chi connectivity index (χ3n) is 2.05. The zero-order valence-electron chi connectivity index (χ0n) is 9.97. The van der Waals surface area contributed by atoms with Crippen LogP contribution in [0.5, 0.6) is 0 Å². The molecule has 0 aliphatic heterocycles. The summed E-state index contributed by atoms with van der Waals surface area (Å²) in [5, 5.41) is 11.5. The number of carbonyl (C=O) groups excluding carboxylic acids is 1. The lowest BCUT2D eigenvalue weighted by Crippen LogP contribution is -2.25. The van der Waals surface area contributed by atoms with Gasteiger partial charge < -0.3 is 10.2 Å². The van der Waals surface area contributed by atoms with E-state index in [0.29, 0.717) is 6.54 Å². The molecule has 0 saturated heterocycles. The Kier molecular flexibility index (Phi) is 4.77. The van der Waals surface area contributed by atoms with Crippen molar-refractivity contribution in [3.8, 4) is 6.07 Å². The van der Waals surface area contributed by atoms with Gasteiger partial charge in [-0.15, -0.1) is 0 Å². The predicted octanol–water partition coefficient (Wildman–Crippen LogP) is 1.27. The molecule has 1 aromatic carbocycles. The number of carbonyl (C=O) groups is 1. The van der Waals surface area contributed by atoms with Crippen LogP contribution in [0.2, 0.25) is 0 Å². The lowest BCUT2D eigenvalue weighted by molar-refractivity contribution is -0.117. The maximum atomic E-state index is 11.7. The second-order valence-corrected chi connectivity index (χ2v) is 3.79. The summed E-state index contributed by atoms with van der Waals surface area (Å²) < 4.78 is 0. The molecule has 4 nitrogen and oxygen atoms in total. The van der Waals surface area contributed by atoms with Crippen molar-refractivity contribution in [3.05, 3.63) is 47.7 Å². The van der Waals surface area contributed by atoms with Gasteiger partial charge in [0.1, 0.15) is 11.6 Å². The summed E-state index contributed by atoms with van der Waals surface area (Å²) >= 11 is 0. The molecular formula is C13H15N3O. The second kappa shape index (κ2) is 6.33. The van der Waals surface area contributed by atoms with Gasteiger partial charge in [-0.2, -0.15) is 5.26 Å². The molecule has 0 unspecified atom stereocenters. The summed E-state index contributed by atoms with van der Waals surface area (Å²) in [4.78, 5) is 13.3. The van der Waals surface area contributed by atoms with E-state index in [1.54, 1.807) is 19.0 Å². The van der Waals surface area contributed by atoms with Gasteiger partial charge in [-0.25, -0.2) is 0 Å². The summed E-state index contributed by atoms with van der Waals surface area (Å²) in [6.07, 6.45) is 1.50. The molecule has 1 N–H and O–H groups in total. The Hall–Kier alpha value is -2.28. The van der Waals surface area contributed by atoms with Crippen molar-refractivity contribution in [2.45, 2.75) is 6.54 Å². The Bertz CT molecular complexity index is 443. The average Bonchev–Trinajstić information content (AvgIpc) is 2.34. The van der Waals surface area contributed by atoms with Crippen LogP contribution >= 0.6 is 0 Å². The maximum Gasteiger partial charge on any atom is 0.263 e. The number of rotatable bonds is 4. The van der Waals surface area contributed by atoms with Gasteiger partial charge >= 0.3 is 0 Å². The van der Waals surface area contributed by atoms with Gasteiger partial charge in [0.25, 0.3) is 5.91 Å². The van der Waals surface area contributed by atoms with Crippen LogP contribution in [0, 0.1) is 11.3 Å². The van der Waals surface area contributed by atoms with Crippen LogP contribution in [0.25, 0.3) is 0 Å². The highest BCUT2D eigenvalue weighted by molar-refractivity contribution is 5.97. The number of hydrogen-bond acceptors (Lipinski definition) is 3. The molecule has 0 bridgehead atoms. The van der Waals surface area contributed by atoms with Crippen LogP contribution in [-0.2, 0) is 11.3 Å². The lowest BCUT2D eigenvalue weighted by atomic mass is 10.2. The quantitative estimate of drug-likeness (QED) is 0.625. The van der Waals surface area contributed by atoms with Crippen molar-refractivity contribution < 1.29 is 4.79 Å². The maximum absolute atomic E-state index is 11.7. The molecule has 17 heavy (non-hydrogen) atoms. The fourth-order valence-electron chi connectivity index (χ4n) is 1.27. The smallest absolute Gasteiger partial charge is 0.263 e. The zero-order valence-corrected chi connectivity index (χ0v) is 9.97. The average molecular weight is 229 g/mol. The van der Waals surface area contributed by atoms with Crippen LogP contribution in [0.3, 0.4) is 0 Å². The van der Waals surface area contributed by atoms with E-state index in [4.69, 9.17) is 5.26 Å². The molecule has 0 aromatic heterocycles. The van der Waals surface area contributed by atoms with Gasteiger partial charge in [-0.3, -0.25) is 4.79 Å². The predicted molar refractivity (Wildman–Crippen MR) is 65.7 cm³/mol. The molecule has 0 aliphatic rings. The summed E-state index contributed by atoms with van der Waals surface area (Å²) in [5.74, 6) is -0.356. The van der Waals surface area contributed by atoms with Crippen molar-refractivity contribution in [1.29, 1.82) is 5.26 Å². The lowest BCUT2D eigenvalue weighted by Gasteiger charge is -2.07. The molecule has 0 radical (unpaired) electrons. The van der Waals surface area contributed by atoms with Crippen LogP contribution in [-0.4, -0.2) is 24.9 Å². The highest BCUT2D eigenvalue weighted by Gasteiger charge is 2.08. The third-order valence-corrected chi connectivity index (χ3v) is 2.05. The first-order valence-electron chi connectivity index (χ1n) is 5.24. The fraction of sp³-hybridized carbons (Fsp3) is 0.231. The molecule has 0 heterocycles. The van der Waals surface area contributed by atoms with Gasteiger partial charge in [0.15, 0.2) is 0 Å². The van der Waals surface area contributed by atoms with Gasteiger partial charge in [0, 0.05) is 26.8 Å². The standard InChI is InChI=1S/C13H15N3O/c1-16(2)10-12(8-14)13(17)15-9-11-6-4-3-5-7-11/h3-7,10H,9H2,1-2H3,(H,15,17).